The van der Waals surface area contributed by atoms with Crippen LogP contribution in [0.3, 0.4) is 0 Å². The average Bonchev–Trinajstić information content (AvgIpc) is 2.53. The molecule has 0 aliphatic rings. The SMILES string of the molecule is NC(=NCc1ccc(C(F)(F)F)cc1)N=C(N)Nc1ccccc1. The van der Waals surface area contributed by atoms with Gasteiger partial charge in [-0.25, -0.2) is 4.99 Å². The van der Waals surface area contributed by atoms with Crippen molar-refractivity contribution < 1.29 is 13.2 Å². The van der Waals surface area contributed by atoms with Gasteiger partial charge < -0.3 is 16.8 Å². The first-order chi connectivity index (χ1) is 11.3. The summed E-state index contributed by atoms with van der Waals surface area (Å²) >= 11 is 0. The van der Waals surface area contributed by atoms with Crippen LogP contribution in [0.25, 0.3) is 0 Å². The van der Waals surface area contributed by atoms with Crippen LogP contribution in [0.4, 0.5) is 18.9 Å². The lowest BCUT2D eigenvalue weighted by molar-refractivity contribution is -0.137. The van der Waals surface area contributed by atoms with Gasteiger partial charge in [0.15, 0.2) is 0 Å². The van der Waals surface area contributed by atoms with E-state index < -0.39 is 11.7 Å². The van der Waals surface area contributed by atoms with Crippen LogP contribution in [-0.2, 0) is 12.7 Å². The number of halogens is 3. The highest BCUT2D eigenvalue weighted by atomic mass is 19.4. The van der Waals surface area contributed by atoms with Gasteiger partial charge in [0, 0.05) is 5.69 Å². The zero-order valence-corrected chi connectivity index (χ0v) is 12.6. The Labute approximate surface area is 136 Å². The number of nitrogens with zero attached hydrogens (tertiary/aromatic N) is 2. The van der Waals surface area contributed by atoms with Crippen molar-refractivity contribution in [1.82, 2.24) is 0 Å². The van der Waals surface area contributed by atoms with E-state index in [4.69, 9.17) is 11.5 Å². The van der Waals surface area contributed by atoms with Crippen molar-refractivity contribution in [3.05, 3.63) is 65.7 Å². The lowest BCUT2D eigenvalue weighted by atomic mass is 10.1. The Balaban J connectivity index is 1.97. The van der Waals surface area contributed by atoms with Crippen molar-refractivity contribution in [3.63, 3.8) is 0 Å². The van der Waals surface area contributed by atoms with Gasteiger partial charge in [-0.15, -0.1) is 0 Å². The molecule has 24 heavy (non-hydrogen) atoms. The van der Waals surface area contributed by atoms with Gasteiger partial charge in [0.1, 0.15) is 0 Å². The molecule has 0 unspecified atom stereocenters. The third-order valence-corrected chi connectivity index (χ3v) is 2.99. The molecule has 5 nitrogen and oxygen atoms in total. The van der Waals surface area contributed by atoms with Gasteiger partial charge in [0.2, 0.25) is 11.9 Å². The van der Waals surface area contributed by atoms with E-state index in [9.17, 15) is 13.2 Å². The zero-order chi connectivity index (χ0) is 17.6. The van der Waals surface area contributed by atoms with Crippen LogP contribution in [-0.4, -0.2) is 11.9 Å². The smallest absolute Gasteiger partial charge is 0.369 e. The van der Waals surface area contributed by atoms with Crippen molar-refractivity contribution in [2.45, 2.75) is 12.7 Å². The Hall–Kier alpha value is -3.03. The molecule has 0 bridgehead atoms. The Bertz CT molecular complexity index is 722. The maximum Gasteiger partial charge on any atom is 0.416 e. The van der Waals surface area contributed by atoms with Crippen molar-refractivity contribution in [2.75, 3.05) is 5.32 Å². The number of nitrogens with two attached hydrogens (primary N) is 2. The van der Waals surface area contributed by atoms with Crippen molar-refractivity contribution >= 4 is 17.6 Å². The number of rotatable bonds is 3. The molecule has 2 aromatic rings. The van der Waals surface area contributed by atoms with E-state index >= 15 is 0 Å². The van der Waals surface area contributed by atoms with Crippen LogP contribution >= 0.6 is 0 Å². The van der Waals surface area contributed by atoms with E-state index in [-0.39, 0.29) is 18.5 Å². The number of para-hydroxylation sites is 1. The number of aliphatic imine (C=N–C) groups is 2. The third kappa shape index (κ3) is 5.31. The first kappa shape index (κ1) is 17.3. The normalized spacial score (nSPS) is 13.0. The maximum atomic E-state index is 12.5. The molecular formula is C16H16F3N5. The second-order valence-electron chi connectivity index (χ2n) is 4.86. The summed E-state index contributed by atoms with van der Waals surface area (Å²) in [4.78, 5) is 7.85. The predicted molar refractivity (Wildman–Crippen MR) is 88.5 cm³/mol. The van der Waals surface area contributed by atoms with Crippen LogP contribution in [0.2, 0.25) is 0 Å². The molecule has 126 valence electrons. The van der Waals surface area contributed by atoms with E-state index in [0.29, 0.717) is 5.56 Å². The summed E-state index contributed by atoms with van der Waals surface area (Å²) in [5.74, 6) is -0.00861. The molecule has 2 rings (SSSR count). The van der Waals surface area contributed by atoms with Gasteiger partial charge in [-0.05, 0) is 29.8 Å². The molecule has 0 aliphatic heterocycles. The highest BCUT2D eigenvalue weighted by Crippen LogP contribution is 2.29. The van der Waals surface area contributed by atoms with Gasteiger partial charge >= 0.3 is 6.18 Å². The average molecular weight is 335 g/mol. The number of guanidine groups is 2. The fourth-order valence-corrected chi connectivity index (χ4v) is 1.83. The number of hydrogen-bond acceptors (Lipinski definition) is 1. The Morgan fingerprint density at radius 2 is 1.58 bits per heavy atom. The first-order valence-corrected chi connectivity index (χ1v) is 6.97. The van der Waals surface area contributed by atoms with Crippen LogP contribution in [0.5, 0.6) is 0 Å². The van der Waals surface area contributed by atoms with Gasteiger partial charge in [0.25, 0.3) is 0 Å². The van der Waals surface area contributed by atoms with Crippen LogP contribution in [0.15, 0.2) is 64.6 Å². The molecule has 0 fully saturated rings. The number of hydrogen-bond donors (Lipinski definition) is 3. The minimum atomic E-state index is -4.36. The summed E-state index contributed by atoms with van der Waals surface area (Å²) in [6, 6.07) is 13.8. The maximum absolute atomic E-state index is 12.5. The van der Waals surface area contributed by atoms with Crippen molar-refractivity contribution in [1.29, 1.82) is 0 Å². The molecule has 0 heterocycles. The molecule has 0 atom stereocenters. The second-order valence-corrected chi connectivity index (χ2v) is 4.86. The highest BCUT2D eigenvalue weighted by Gasteiger charge is 2.29. The monoisotopic (exact) mass is 335 g/mol. The predicted octanol–water partition coefficient (Wildman–Crippen LogP) is 2.95. The van der Waals surface area contributed by atoms with Gasteiger partial charge in [-0.1, -0.05) is 30.3 Å². The van der Waals surface area contributed by atoms with E-state index in [2.05, 4.69) is 15.3 Å². The first-order valence-electron chi connectivity index (χ1n) is 6.97. The van der Waals surface area contributed by atoms with Crippen LogP contribution in [0, 0.1) is 0 Å². The number of benzene rings is 2. The lowest BCUT2D eigenvalue weighted by Gasteiger charge is -2.07. The Morgan fingerprint density at radius 3 is 2.17 bits per heavy atom. The fraction of sp³-hybridized carbons (Fsp3) is 0.125. The summed E-state index contributed by atoms with van der Waals surface area (Å²) in [7, 11) is 0. The zero-order valence-electron chi connectivity index (χ0n) is 12.6. The number of nitrogens with one attached hydrogen (secondary N) is 1. The van der Waals surface area contributed by atoms with E-state index in [1.807, 2.05) is 18.2 Å². The lowest BCUT2D eigenvalue weighted by Crippen LogP contribution is -2.26. The van der Waals surface area contributed by atoms with E-state index in [1.54, 1.807) is 12.1 Å². The molecule has 0 radical (unpaired) electrons. The molecular weight excluding hydrogens is 319 g/mol. The quantitative estimate of drug-likeness (QED) is 0.595. The van der Waals surface area contributed by atoms with Gasteiger partial charge in [-0.3, -0.25) is 0 Å². The van der Waals surface area contributed by atoms with Gasteiger partial charge in [-0.2, -0.15) is 18.2 Å². The van der Waals surface area contributed by atoms with Gasteiger partial charge in [0.05, 0.1) is 12.1 Å². The summed E-state index contributed by atoms with van der Waals surface area (Å²) in [6.45, 7) is 0.103. The van der Waals surface area contributed by atoms with Crippen molar-refractivity contribution in [2.24, 2.45) is 21.5 Å². The molecule has 0 saturated heterocycles. The second kappa shape index (κ2) is 7.49. The molecule has 2 aromatic carbocycles. The molecule has 8 heteroatoms. The van der Waals surface area contributed by atoms with Crippen LogP contribution in [0.1, 0.15) is 11.1 Å². The topological polar surface area (TPSA) is 88.8 Å². The van der Waals surface area contributed by atoms with Crippen LogP contribution < -0.4 is 16.8 Å². The largest absolute Gasteiger partial charge is 0.416 e. The standard InChI is InChI=1S/C16H16F3N5/c17-16(18,19)12-8-6-11(7-9-12)10-22-14(20)24-15(21)23-13-4-2-1-3-5-13/h1-9H,10H2,(H5,20,21,22,23,24). The minimum Gasteiger partial charge on any atom is -0.369 e. The van der Waals surface area contributed by atoms with Crippen molar-refractivity contribution in [3.8, 4) is 0 Å². The fourth-order valence-electron chi connectivity index (χ4n) is 1.83. The molecule has 0 spiro atoms. The molecule has 0 saturated carbocycles. The third-order valence-electron chi connectivity index (χ3n) is 2.99. The molecule has 0 aliphatic carbocycles. The minimum absolute atomic E-state index is 0.0647. The summed E-state index contributed by atoms with van der Waals surface area (Å²) in [5, 5.41) is 2.84. The van der Waals surface area contributed by atoms with E-state index in [1.165, 1.54) is 12.1 Å². The van der Waals surface area contributed by atoms with E-state index in [0.717, 1.165) is 17.8 Å². The summed E-state index contributed by atoms with van der Waals surface area (Å²) in [5.41, 5.74) is 11.9. The highest BCUT2D eigenvalue weighted by molar-refractivity contribution is 6.00. The molecule has 5 N–H and O–H groups in total. The molecule has 0 amide bonds. The molecule has 0 aromatic heterocycles. The summed E-state index contributed by atoms with van der Waals surface area (Å²) < 4.78 is 37.4. The number of anilines is 1. The Kier molecular flexibility index (Phi) is 5.41. The summed E-state index contributed by atoms with van der Waals surface area (Å²) in [6.07, 6.45) is -4.36. The number of alkyl halides is 3. The Morgan fingerprint density at radius 1 is 0.958 bits per heavy atom.